The Morgan fingerprint density at radius 1 is 1.24 bits per heavy atom. The lowest BCUT2D eigenvalue weighted by atomic mass is 10.1. The van der Waals surface area contributed by atoms with Gasteiger partial charge in [-0.25, -0.2) is 13.1 Å². The largest absolute Gasteiger partial charge is 0.326 e. The number of benzene rings is 1. The zero-order valence-corrected chi connectivity index (χ0v) is 13.5. The Hall–Kier alpha value is -0.950. The van der Waals surface area contributed by atoms with Crippen LogP contribution in [0.4, 0.5) is 0 Å². The lowest BCUT2D eigenvalue weighted by Gasteiger charge is -2.26. The van der Waals surface area contributed by atoms with E-state index in [-0.39, 0.29) is 0 Å². The van der Waals surface area contributed by atoms with Crippen LogP contribution in [0.5, 0.6) is 0 Å². The minimum absolute atomic E-state index is 0.346. The molecule has 5 nitrogen and oxygen atoms in total. The van der Waals surface area contributed by atoms with Crippen molar-refractivity contribution in [2.24, 2.45) is 5.73 Å². The van der Waals surface area contributed by atoms with Crippen LogP contribution in [0.25, 0.3) is 0 Å². The van der Waals surface area contributed by atoms with Crippen LogP contribution in [0.3, 0.4) is 0 Å². The van der Waals surface area contributed by atoms with E-state index in [1.165, 1.54) is 19.3 Å². The third-order valence-corrected chi connectivity index (χ3v) is 5.55. The van der Waals surface area contributed by atoms with Crippen molar-refractivity contribution in [2.75, 3.05) is 26.2 Å². The van der Waals surface area contributed by atoms with E-state index in [1.54, 1.807) is 19.1 Å². The van der Waals surface area contributed by atoms with Crippen LogP contribution in [0, 0.1) is 6.92 Å². The Balaban J connectivity index is 1.94. The highest BCUT2D eigenvalue weighted by Gasteiger charge is 2.17. The van der Waals surface area contributed by atoms with Crippen LogP contribution >= 0.6 is 0 Å². The van der Waals surface area contributed by atoms with Crippen molar-refractivity contribution < 1.29 is 8.42 Å². The van der Waals surface area contributed by atoms with Crippen LogP contribution in [-0.2, 0) is 16.6 Å². The van der Waals surface area contributed by atoms with Gasteiger partial charge < -0.3 is 10.6 Å². The van der Waals surface area contributed by atoms with E-state index in [4.69, 9.17) is 5.73 Å². The molecule has 0 aliphatic carbocycles. The molecule has 1 aromatic rings. The van der Waals surface area contributed by atoms with Gasteiger partial charge in [-0.05, 0) is 50.0 Å². The van der Waals surface area contributed by atoms with Gasteiger partial charge in [0, 0.05) is 19.6 Å². The normalized spacial score (nSPS) is 17.0. The Kier molecular flexibility index (Phi) is 5.75. The van der Waals surface area contributed by atoms with Gasteiger partial charge in [0.25, 0.3) is 0 Å². The molecule has 2 rings (SSSR count). The molecule has 1 aliphatic rings. The summed E-state index contributed by atoms with van der Waals surface area (Å²) < 4.78 is 27.4. The first kappa shape index (κ1) is 16.4. The molecule has 0 unspecified atom stereocenters. The van der Waals surface area contributed by atoms with E-state index in [0.29, 0.717) is 18.0 Å². The number of sulfonamides is 1. The second-order valence-corrected chi connectivity index (χ2v) is 7.34. The number of hydrogen-bond acceptors (Lipinski definition) is 4. The van der Waals surface area contributed by atoms with Gasteiger partial charge in [0.05, 0.1) is 4.90 Å². The second-order valence-electron chi connectivity index (χ2n) is 5.60. The molecule has 1 saturated heterocycles. The molecule has 0 atom stereocenters. The predicted molar refractivity (Wildman–Crippen MR) is 84.5 cm³/mol. The first-order valence-electron chi connectivity index (χ1n) is 7.54. The Morgan fingerprint density at radius 2 is 1.95 bits per heavy atom. The summed E-state index contributed by atoms with van der Waals surface area (Å²) in [5, 5.41) is 0. The quantitative estimate of drug-likeness (QED) is 0.828. The standard InChI is InChI=1S/C15H25N3O2S/c1-13-11-14(12-16)5-6-15(13)21(19,20)17-7-10-18-8-3-2-4-9-18/h5-6,11,17H,2-4,7-10,12,16H2,1H3. The lowest BCUT2D eigenvalue weighted by Crippen LogP contribution is -2.37. The molecule has 0 spiro atoms. The summed E-state index contributed by atoms with van der Waals surface area (Å²) in [6, 6.07) is 5.24. The van der Waals surface area contributed by atoms with Gasteiger partial charge in [-0.15, -0.1) is 0 Å². The van der Waals surface area contributed by atoms with Crippen molar-refractivity contribution in [3.8, 4) is 0 Å². The number of nitrogens with two attached hydrogens (primary N) is 1. The van der Waals surface area contributed by atoms with E-state index in [2.05, 4.69) is 9.62 Å². The average Bonchev–Trinajstić information content (AvgIpc) is 2.47. The van der Waals surface area contributed by atoms with Gasteiger partial charge in [-0.1, -0.05) is 18.6 Å². The molecular formula is C15H25N3O2S. The fourth-order valence-corrected chi connectivity index (χ4v) is 3.98. The summed E-state index contributed by atoms with van der Waals surface area (Å²) in [4.78, 5) is 2.66. The van der Waals surface area contributed by atoms with Crippen molar-refractivity contribution in [1.82, 2.24) is 9.62 Å². The third-order valence-electron chi connectivity index (χ3n) is 3.93. The summed E-state index contributed by atoms with van der Waals surface area (Å²) in [5.41, 5.74) is 7.25. The average molecular weight is 311 g/mol. The molecule has 0 bridgehead atoms. The van der Waals surface area contributed by atoms with E-state index < -0.39 is 10.0 Å². The highest BCUT2D eigenvalue weighted by molar-refractivity contribution is 7.89. The Bertz CT molecular complexity index is 566. The summed E-state index contributed by atoms with van der Waals surface area (Å²) in [6.45, 7) is 5.61. The summed E-state index contributed by atoms with van der Waals surface area (Å²) >= 11 is 0. The third kappa shape index (κ3) is 4.51. The van der Waals surface area contributed by atoms with E-state index in [1.807, 2.05) is 6.07 Å². The summed E-state index contributed by atoms with van der Waals surface area (Å²) in [6.07, 6.45) is 3.72. The zero-order chi connectivity index (χ0) is 15.3. The number of rotatable bonds is 6. The fraction of sp³-hybridized carbons (Fsp3) is 0.600. The number of nitrogens with one attached hydrogen (secondary N) is 1. The highest BCUT2D eigenvalue weighted by atomic mass is 32.2. The Morgan fingerprint density at radius 3 is 2.57 bits per heavy atom. The van der Waals surface area contributed by atoms with Crippen molar-refractivity contribution >= 4 is 10.0 Å². The molecule has 1 fully saturated rings. The smallest absolute Gasteiger partial charge is 0.240 e. The lowest BCUT2D eigenvalue weighted by molar-refractivity contribution is 0.233. The highest BCUT2D eigenvalue weighted by Crippen LogP contribution is 2.16. The molecule has 3 N–H and O–H groups in total. The van der Waals surface area contributed by atoms with Crippen molar-refractivity contribution in [1.29, 1.82) is 0 Å². The van der Waals surface area contributed by atoms with Gasteiger partial charge in [0.15, 0.2) is 0 Å². The first-order chi connectivity index (χ1) is 10.0. The predicted octanol–water partition coefficient (Wildman–Crippen LogP) is 1.22. The summed E-state index contributed by atoms with van der Waals surface area (Å²) in [5.74, 6) is 0. The summed E-state index contributed by atoms with van der Waals surface area (Å²) in [7, 11) is -3.43. The number of nitrogens with zero attached hydrogens (tertiary/aromatic N) is 1. The van der Waals surface area contributed by atoms with Gasteiger partial charge in [-0.3, -0.25) is 0 Å². The molecule has 21 heavy (non-hydrogen) atoms. The number of likely N-dealkylation sites (tertiary alicyclic amines) is 1. The van der Waals surface area contributed by atoms with Crippen molar-refractivity contribution in [3.63, 3.8) is 0 Å². The maximum Gasteiger partial charge on any atom is 0.240 e. The van der Waals surface area contributed by atoms with E-state index in [0.717, 1.165) is 30.8 Å². The zero-order valence-electron chi connectivity index (χ0n) is 12.6. The van der Waals surface area contributed by atoms with Gasteiger partial charge >= 0.3 is 0 Å². The van der Waals surface area contributed by atoms with Crippen LogP contribution in [0.1, 0.15) is 30.4 Å². The molecule has 1 heterocycles. The molecule has 0 saturated carbocycles. The monoisotopic (exact) mass is 311 g/mol. The van der Waals surface area contributed by atoms with E-state index in [9.17, 15) is 8.42 Å². The topological polar surface area (TPSA) is 75.4 Å². The van der Waals surface area contributed by atoms with Crippen molar-refractivity contribution in [2.45, 2.75) is 37.6 Å². The molecule has 1 aliphatic heterocycles. The van der Waals surface area contributed by atoms with Crippen LogP contribution in [0.15, 0.2) is 23.1 Å². The number of hydrogen-bond donors (Lipinski definition) is 2. The number of piperidine rings is 1. The molecular weight excluding hydrogens is 286 g/mol. The van der Waals surface area contributed by atoms with Gasteiger partial charge in [0.1, 0.15) is 0 Å². The molecule has 0 radical (unpaired) electrons. The molecule has 0 aromatic heterocycles. The van der Waals surface area contributed by atoms with Crippen LogP contribution < -0.4 is 10.5 Å². The maximum atomic E-state index is 12.3. The molecule has 6 heteroatoms. The van der Waals surface area contributed by atoms with Crippen LogP contribution in [0.2, 0.25) is 0 Å². The van der Waals surface area contributed by atoms with E-state index >= 15 is 0 Å². The maximum absolute atomic E-state index is 12.3. The Labute approximate surface area is 127 Å². The van der Waals surface area contributed by atoms with Gasteiger partial charge in [0.2, 0.25) is 10.0 Å². The van der Waals surface area contributed by atoms with Crippen LogP contribution in [-0.4, -0.2) is 39.5 Å². The molecule has 0 amide bonds. The first-order valence-corrected chi connectivity index (χ1v) is 9.03. The van der Waals surface area contributed by atoms with Crippen molar-refractivity contribution in [3.05, 3.63) is 29.3 Å². The minimum atomic E-state index is -3.43. The number of aryl methyl sites for hydroxylation is 1. The molecule has 118 valence electrons. The molecule has 1 aromatic carbocycles. The minimum Gasteiger partial charge on any atom is -0.326 e. The second kappa shape index (κ2) is 7.35. The SMILES string of the molecule is Cc1cc(CN)ccc1S(=O)(=O)NCCN1CCCCC1. The fourth-order valence-electron chi connectivity index (χ4n) is 2.74. The van der Waals surface area contributed by atoms with Gasteiger partial charge in [-0.2, -0.15) is 0 Å².